The van der Waals surface area contributed by atoms with Crippen molar-refractivity contribution in [3.8, 4) is 0 Å². The van der Waals surface area contributed by atoms with E-state index < -0.39 is 0 Å². The Hall–Kier alpha value is -2.97. The third kappa shape index (κ3) is 4.26. The number of anilines is 1. The molecule has 1 aliphatic carbocycles. The van der Waals surface area contributed by atoms with Gasteiger partial charge in [0.05, 0.1) is 11.4 Å². The number of aromatic nitrogens is 3. The van der Waals surface area contributed by atoms with Crippen LogP contribution in [0.4, 0.5) is 5.69 Å². The lowest BCUT2D eigenvalue weighted by molar-refractivity contribution is 0.102. The number of carbonyl (C=O) groups is 1. The van der Waals surface area contributed by atoms with Crippen molar-refractivity contribution >= 4 is 39.7 Å². The summed E-state index contributed by atoms with van der Waals surface area (Å²) in [7, 11) is 0. The normalized spacial score (nSPS) is 13.5. The van der Waals surface area contributed by atoms with E-state index >= 15 is 0 Å². The van der Waals surface area contributed by atoms with Crippen LogP contribution in [0.15, 0.2) is 64.3 Å². The lowest BCUT2D eigenvalue weighted by Crippen LogP contribution is -2.15. The third-order valence-corrected chi connectivity index (χ3v) is 7.32. The van der Waals surface area contributed by atoms with Gasteiger partial charge < -0.3 is 5.32 Å². The molecule has 1 saturated carbocycles. The van der Waals surface area contributed by atoms with Crippen LogP contribution < -0.4 is 10.9 Å². The smallest absolute Gasteiger partial charge is 0.275 e. The van der Waals surface area contributed by atoms with Crippen LogP contribution in [0.25, 0.3) is 4.96 Å². The molecule has 0 radical (unpaired) electrons. The Morgan fingerprint density at radius 2 is 1.97 bits per heavy atom. The predicted molar refractivity (Wildman–Crippen MR) is 124 cm³/mol. The Morgan fingerprint density at radius 3 is 2.77 bits per heavy atom. The molecule has 0 unspecified atom stereocenters. The van der Waals surface area contributed by atoms with E-state index in [4.69, 9.17) is 0 Å². The molecular formula is C23H20N4O2S2. The molecule has 2 heterocycles. The van der Waals surface area contributed by atoms with E-state index in [0.29, 0.717) is 27.9 Å². The Balaban J connectivity index is 1.35. The fraction of sp³-hybridized carbons (Fsp3) is 0.217. The van der Waals surface area contributed by atoms with Gasteiger partial charge in [0.25, 0.3) is 11.5 Å². The molecule has 8 heteroatoms. The van der Waals surface area contributed by atoms with Crippen LogP contribution in [-0.2, 0) is 5.75 Å². The summed E-state index contributed by atoms with van der Waals surface area (Å²) in [5.74, 6) is 0.883. The molecular weight excluding hydrogens is 428 g/mol. The Morgan fingerprint density at radius 1 is 1.19 bits per heavy atom. The molecule has 2 aromatic heterocycles. The zero-order valence-corrected chi connectivity index (χ0v) is 18.5. The first-order valence-corrected chi connectivity index (χ1v) is 11.9. The molecule has 4 aromatic rings. The number of hydrogen-bond donors (Lipinski definition) is 1. The monoisotopic (exact) mass is 448 g/mol. The highest BCUT2D eigenvalue weighted by atomic mass is 32.2. The number of rotatable bonds is 6. The SMILES string of the molecule is Cc1ccccc1C(=O)Nc1ccccc1SCc1cc(=O)n2nc(C3CC3)sc2n1. The maximum Gasteiger partial charge on any atom is 0.275 e. The molecule has 1 aliphatic rings. The average molecular weight is 449 g/mol. The minimum Gasteiger partial charge on any atom is -0.321 e. The van der Waals surface area contributed by atoms with Crippen LogP contribution in [0.2, 0.25) is 0 Å². The highest BCUT2D eigenvalue weighted by molar-refractivity contribution is 7.98. The number of aryl methyl sites for hydroxylation is 1. The number of benzene rings is 2. The van der Waals surface area contributed by atoms with E-state index in [1.165, 1.54) is 15.9 Å². The van der Waals surface area contributed by atoms with Crippen LogP contribution in [-0.4, -0.2) is 20.5 Å². The molecule has 1 N–H and O–H groups in total. The molecule has 0 saturated heterocycles. The largest absolute Gasteiger partial charge is 0.321 e. The quantitative estimate of drug-likeness (QED) is 0.426. The Labute approximate surface area is 187 Å². The number of nitrogens with zero attached hydrogens (tertiary/aromatic N) is 3. The topological polar surface area (TPSA) is 76.4 Å². The summed E-state index contributed by atoms with van der Waals surface area (Å²) < 4.78 is 1.41. The van der Waals surface area contributed by atoms with E-state index in [-0.39, 0.29) is 11.5 Å². The molecule has 31 heavy (non-hydrogen) atoms. The van der Waals surface area contributed by atoms with E-state index in [1.807, 2.05) is 55.5 Å². The molecule has 1 amide bonds. The molecule has 0 aliphatic heterocycles. The summed E-state index contributed by atoms with van der Waals surface area (Å²) in [6.07, 6.45) is 2.28. The van der Waals surface area contributed by atoms with Crippen LogP contribution in [0, 0.1) is 6.92 Å². The van der Waals surface area contributed by atoms with Gasteiger partial charge in [-0.25, -0.2) is 4.98 Å². The number of thioether (sulfide) groups is 1. The second-order valence-corrected chi connectivity index (χ2v) is 9.55. The van der Waals surface area contributed by atoms with Crippen molar-refractivity contribution in [1.82, 2.24) is 14.6 Å². The van der Waals surface area contributed by atoms with Crippen LogP contribution in [0.3, 0.4) is 0 Å². The van der Waals surface area contributed by atoms with Crippen molar-refractivity contribution < 1.29 is 4.79 Å². The first-order valence-electron chi connectivity index (χ1n) is 10.1. The van der Waals surface area contributed by atoms with Gasteiger partial charge >= 0.3 is 0 Å². The molecule has 1 fully saturated rings. The first-order chi connectivity index (χ1) is 15.1. The lowest BCUT2D eigenvalue weighted by atomic mass is 10.1. The van der Waals surface area contributed by atoms with Gasteiger partial charge in [0.1, 0.15) is 5.01 Å². The van der Waals surface area contributed by atoms with E-state index in [0.717, 1.165) is 34.0 Å². The van der Waals surface area contributed by atoms with Crippen LogP contribution in [0.1, 0.15) is 45.4 Å². The second-order valence-electron chi connectivity index (χ2n) is 7.55. The number of hydrogen-bond acceptors (Lipinski definition) is 6. The second kappa shape index (κ2) is 8.28. The summed E-state index contributed by atoms with van der Waals surface area (Å²) in [6, 6.07) is 16.7. The Kier molecular flexibility index (Phi) is 5.33. The van der Waals surface area contributed by atoms with Gasteiger partial charge in [0.2, 0.25) is 4.96 Å². The van der Waals surface area contributed by atoms with Gasteiger partial charge in [-0.3, -0.25) is 9.59 Å². The summed E-state index contributed by atoms with van der Waals surface area (Å²) in [6.45, 7) is 1.92. The zero-order chi connectivity index (χ0) is 21.4. The van der Waals surface area contributed by atoms with Crippen molar-refractivity contribution in [2.24, 2.45) is 0 Å². The lowest BCUT2D eigenvalue weighted by Gasteiger charge is -2.11. The van der Waals surface area contributed by atoms with Gasteiger partial charge in [-0.15, -0.1) is 11.8 Å². The molecule has 6 nitrogen and oxygen atoms in total. The molecule has 156 valence electrons. The fourth-order valence-corrected chi connectivity index (χ4v) is 5.30. The maximum atomic E-state index is 12.7. The summed E-state index contributed by atoms with van der Waals surface area (Å²) in [4.78, 5) is 31.4. The van der Waals surface area contributed by atoms with Crippen LogP contribution >= 0.6 is 23.1 Å². The van der Waals surface area contributed by atoms with E-state index in [9.17, 15) is 9.59 Å². The number of amides is 1. The molecule has 0 bridgehead atoms. The maximum absolute atomic E-state index is 12.7. The van der Waals surface area contributed by atoms with Gasteiger partial charge in [-0.05, 0) is 43.5 Å². The van der Waals surface area contributed by atoms with Crippen molar-refractivity contribution in [2.75, 3.05) is 5.32 Å². The van der Waals surface area contributed by atoms with Gasteiger partial charge in [0, 0.05) is 28.2 Å². The fourth-order valence-electron chi connectivity index (χ4n) is 3.31. The van der Waals surface area contributed by atoms with Crippen molar-refractivity contribution in [3.05, 3.63) is 86.8 Å². The first kappa shape index (κ1) is 20.0. The van der Waals surface area contributed by atoms with Crippen molar-refractivity contribution in [1.29, 1.82) is 0 Å². The van der Waals surface area contributed by atoms with Crippen molar-refractivity contribution in [3.63, 3.8) is 0 Å². The van der Waals surface area contributed by atoms with Gasteiger partial charge in [-0.1, -0.05) is 41.7 Å². The number of nitrogens with one attached hydrogen (secondary N) is 1. The number of para-hydroxylation sites is 1. The van der Waals surface area contributed by atoms with Gasteiger partial charge in [-0.2, -0.15) is 9.61 Å². The third-order valence-electron chi connectivity index (χ3n) is 5.14. The summed E-state index contributed by atoms with van der Waals surface area (Å²) >= 11 is 3.05. The van der Waals surface area contributed by atoms with Crippen molar-refractivity contribution in [2.45, 2.75) is 36.3 Å². The highest BCUT2D eigenvalue weighted by Crippen LogP contribution is 2.41. The van der Waals surface area contributed by atoms with E-state index in [2.05, 4.69) is 15.4 Å². The van der Waals surface area contributed by atoms with E-state index in [1.54, 1.807) is 17.8 Å². The standard InChI is InChI=1S/C23H20N4O2S2/c1-14-6-2-3-7-17(14)21(29)25-18-8-4-5-9-19(18)30-13-16-12-20(28)27-23(24-16)31-22(26-27)15-10-11-15/h2-9,12,15H,10-11,13H2,1H3,(H,25,29). The molecule has 5 rings (SSSR count). The van der Waals surface area contributed by atoms with Gasteiger partial charge in [0.15, 0.2) is 0 Å². The highest BCUT2D eigenvalue weighted by Gasteiger charge is 2.28. The number of carbonyl (C=O) groups excluding carboxylic acids is 1. The minimum absolute atomic E-state index is 0.138. The zero-order valence-electron chi connectivity index (χ0n) is 16.9. The summed E-state index contributed by atoms with van der Waals surface area (Å²) in [5, 5.41) is 8.43. The molecule has 2 aromatic carbocycles. The summed E-state index contributed by atoms with van der Waals surface area (Å²) in [5.41, 5.74) is 2.88. The predicted octanol–water partition coefficient (Wildman–Crippen LogP) is 4.88. The molecule has 0 atom stereocenters. The van der Waals surface area contributed by atoms with Crippen LogP contribution in [0.5, 0.6) is 0 Å². The molecule has 0 spiro atoms. The minimum atomic E-state index is -0.148. The number of fused-ring (bicyclic) bond motifs is 1. The Bertz CT molecular complexity index is 1340. The average Bonchev–Trinajstić information content (AvgIpc) is 3.52.